The maximum absolute atomic E-state index is 3.59. The molecule has 0 saturated heterocycles. The monoisotopic (exact) mass is 363 g/mol. The molecule has 3 heteroatoms. The van der Waals surface area contributed by atoms with Crippen molar-refractivity contribution in [2.75, 3.05) is 6.54 Å². The third kappa shape index (κ3) is 4.87. The fourth-order valence-electron chi connectivity index (χ4n) is 2.23. The Hall–Kier alpha value is -0.770. The quantitative estimate of drug-likeness (QED) is 0.678. The van der Waals surface area contributed by atoms with Gasteiger partial charge in [-0.05, 0) is 62.7 Å². The molecule has 0 saturated carbocycles. The van der Waals surface area contributed by atoms with Crippen LogP contribution in [0, 0.1) is 6.92 Å². The Morgan fingerprint density at radius 3 is 2.71 bits per heavy atom. The number of rotatable bonds is 6. The summed E-state index contributed by atoms with van der Waals surface area (Å²) in [6.07, 6.45) is 1.15. The number of halogens is 1. The summed E-state index contributed by atoms with van der Waals surface area (Å²) in [5, 5.41) is 3.58. The Kier molecular flexibility index (Phi) is 6.34. The van der Waals surface area contributed by atoms with Crippen LogP contribution in [0.2, 0.25) is 0 Å². The molecule has 1 unspecified atom stereocenters. The molecular weight excluding hydrogens is 342 g/mol. The zero-order valence-corrected chi connectivity index (χ0v) is 15.2. The minimum absolute atomic E-state index is 0.356. The zero-order chi connectivity index (χ0) is 15.2. The van der Waals surface area contributed by atoms with E-state index in [0.29, 0.717) is 6.04 Å². The highest BCUT2D eigenvalue weighted by Gasteiger charge is 2.12. The van der Waals surface area contributed by atoms with Crippen molar-refractivity contribution in [1.82, 2.24) is 5.32 Å². The smallest absolute Gasteiger partial charge is 0.0303 e. The third-order valence-electron chi connectivity index (χ3n) is 3.36. The molecule has 0 bridgehead atoms. The van der Waals surface area contributed by atoms with Crippen LogP contribution in [0.15, 0.2) is 56.7 Å². The highest BCUT2D eigenvalue weighted by molar-refractivity contribution is 9.10. The molecule has 1 nitrogen and oxygen atoms in total. The standard InChI is InChI=1S/C18H22BrNS/c1-4-10-20-14(3)17-12-15(19)8-9-18(17)21-16-7-5-6-13(2)11-16/h5-9,11-12,14,20H,4,10H2,1-3H3. The van der Waals surface area contributed by atoms with E-state index in [1.807, 2.05) is 11.8 Å². The van der Waals surface area contributed by atoms with E-state index in [1.54, 1.807) is 0 Å². The van der Waals surface area contributed by atoms with Gasteiger partial charge in [-0.3, -0.25) is 0 Å². The van der Waals surface area contributed by atoms with Gasteiger partial charge < -0.3 is 5.32 Å². The molecule has 2 aromatic rings. The molecule has 1 atom stereocenters. The molecule has 0 aliphatic carbocycles. The Morgan fingerprint density at radius 1 is 1.19 bits per heavy atom. The van der Waals surface area contributed by atoms with Gasteiger partial charge in [0.15, 0.2) is 0 Å². The first-order chi connectivity index (χ1) is 10.1. The van der Waals surface area contributed by atoms with Crippen LogP contribution in [0.3, 0.4) is 0 Å². The Bertz CT molecular complexity index is 598. The van der Waals surface area contributed by atoms with Crippen LogP contribution in [0.4, 0.5) is 0 Å². The van der Waals surface area contributed by atoms with Crippen molar-refractivity contribution in [3.8, 4) is 0 Å². The van der Waals surface area contributed by atoms with E-state index in [0.717, 1.165) is 17.4 Å². The SMILES string of the molecule is CCCNC(C)c1cc(Br)ccc1Sc1cccc(C)c1. The van der Waals surface area contributed by atoms with Gasteiger partial charge in [-0.15, -0.1) is 0 Å². The lowest BCUT2D eigenvalue weighted by molar-refractivity contribution is 0.563. The van der Waals surface area contributed by atoms with Crippen LogP contribution >= 0.6 is 27.7 Å². The lowest BCUT2D eigenvalue weighted by atomic mass is 10.1. The number of aryl methyl sites for hydroxylation is 1. The summed E-state index contributed by atoms with van der Waals surface area (Å²) in [5.41, 5.74) is 2.65. The van der Waals surface area contributed by atoms with Gasteiger partial charge in [-0.2, -0.15) is 0 Å². The molecule has 0 radical (unpaired) electrons. The number of hydrogen-bond donors (Lipinski definition) is 1. The van der Waals surface area contributed by atoms with Gasteiger partial charge in [0.25, 0.3) is 0 Å². The lowest BCUT2D eigenvalue weighted by Gasteiger charge is -2.18. The lowest BCUT2D eigenvalue weighted by Crippen LogP contribution is -2.19. The Morgan fingerprint density at radius 2 is 2.00 bits per heavy atom. The molecule has 0 fully saturated rings. The topological polar surface area (TPSA) is 12.0 Å². The second-order valence-corrected chi connectivity index (χ2v) is 7.31. The van der Waals surface area contributed by atoms with Crippen molar-refractivity contribution in [3.63, 3.8) is 0 Å². The van der Waals surface area contributed by atoms with E-state index in [9.17, 15) is 0 Å². The van der Waals surface area contributed by atoms with Crippen LogP contribution in [-0.4, -0.2) is 6.54 Å². The fourth-order valence-corrected chi connectivity index (χ4v) is 3.74. The average molecular weight is 364 g/mol. The van der Waals surface area contributed by atoms with E-state index in [4.69, 9.17) is 0 Å². The fraction of sp³-hybridized carbons (Fsp3) is 0.333. The van der Waals surface area contributed by atoms with E-state index >= 15 is 0 Å². The molecule has 0 aromatic heterocycles. The summed E-state index contributed by atoms with van der Waals surface area (Å²) in [4.78, 5) is 2.61. The predicted molar refractivity (Wildman–Crippen MR) is 96.2 cm³/mol. The average Bonchev–Trinajstić information content (AvgIpc) is 2.46. The van der Waals surface area contributed by atoms with E-state index in [2.05, 4.69) is 84.5 Å². The highest BCUT2D eigenvalue weighted by atomic mass is 79.9. The van der Waals surface area contributed by atoms with Gasteiger partial charge in [0.2, 0.25) is 0 Å². The van der Waals surface area contributed by atoms with Crippen molar-refractivity contribution in [3.05, 3.63) is 58.1 Å². The molecule has 0 aliphatic heterocycles. The van der Waals surface area contributed by atoms with E-state index in [-0.39, 0.29) is 0 Å². The number of nitrogens with one attached hydrogen (secondary N) is 1. The minimum Gasteiger partial charge on any atom is -0.310 e. The van der Waals surface area contributed by atoms with Crippen molar-refractivity contribution >= 4 is 27.7 Å². The van der Waals surface area contributed by atoms with Crippen molar-refractivity contribution in [2.24, 2.45) is 0 Å². The van der Waals surface area contributed by atoms with Gasteiger partial charge >= 0.3 is 0 Å². The van der Waals surface area contributed by atoms with Crippen molar-refractivity contribution in [1.29, 1.82) is 0 Å². The normalized spacial score (nSPS) is 12.4. The first kappa shape index (κ1) is 16.6. The second kappa shape index (κ2) is 8.02. The molecule has 0 spiro atoms. The molecular formula is C18H22BrNS. The van der Waals surface area contributed by atoms with Crippen LogP contribution in [-0.2, 0) is 0 Å². The number of benzene rings is 2. The van der Waals surface area contributed by atoms with E-state index < -0.39 is 0 Å². The number of hydrogen-bond acceptors (Lipinski definition) is 2. The zero-order valence-electron chi connectivity index (χ0n) is 12.8. The highest BCUT2D eigenvalue weighted by Crippen LogP contribution is 2.35. The first-order valence-electron chi connectivity index (χ1n) is 7.37. The summed E-state index contributed by atoms with van der Waals surface area (Å²) >= 11 is 5.43. The molecule has 2 rings (SSSR count). The molecule has 21 heavy (non-hydrogen) atoms. The predicted octanol–water partition coefficient (Wildman–Crippen LogP) is 5.97. The van der Waals surface area contributed by atoms with E-state index in [1.165, 1.54) is 20.9 Å². The molecule has 1 N–H and O–H groups in total. The molecule has 0 amide bonds. The maximum atomic E-state index is 3.59. The van der Waals surface area contributed by atoms with Crippen LogP contribution in [0.25, 0.3) is 0 Å². The minimum atomic E-state index is 0.356. The first-order valence-corrected chi connectivity index (χ1v) is 8.98. The van der Waals surface area contributed by atoms with Crippen molar-refractivity contribution in [2.45, 2.75) is 43.0 Å². The third-order valence-corrected chi connectivity index (χ3v) is 4.93. The molecule has 2 aromatic carbocycles. The van der Waals surface area contributed by atoms with Crippen LogP contribution in [0.5, 0.6) is 0 Å². The van der Waals surface area contributed by atoms with Crippen LogP contribution in [0.1, 0.15) is 37.4 Å². The van der Waals surface area contributed by atoms with Crippen LogP contribution < -0.4 is 5.32 Å². The molecule has 0 heterocycles. The second-order valence-electron chi connectivity index (χ2n) is 5.28. The summed E-state index contributed by atoms with van der Waals surface area (Å²) in [6.45, 7) is 7.61. The molecule has 0 aliphatic rings. The van der Waals surface area contributed by atoms with Gasteiger partial charge in [0.05, 0.1) is 0 Å². The summed E-state index contributed by atoms with van der Waals surface area (Å²) in [6, 6.07) is 15.6. The summed E-state index contributed by atoms with van der Waals surface area (Å²) < 4.78 is 1.14. The summed E-state index contributed by atoms with van der Waals surface area (Å²) in [7, 11) is 0. The Labute approximate surface area is 140 Å². The van der Waals surface area contributed by atoms with Gasteiger partial charge in [0.1, 0.15) is 0 Å². The van der Waals surface area contributed by atoms with Gasteiger partial charge in [0, 0.05) is 20.3 Å². The summed E-state index contributed by atoms with van der Waals surface area (Å²) in [5.74, 6) is 0. The van der Waals surface area contributed by atoms with Gasteiger partial charge in [-0.25, -0.2) is 0 Å². The largest absolute Gasteiger partial charge is 0.310 e. The maximum Gasteiger partial charge on any atom is 0.0303 e. The molecule has 112 valence electrons. The Balaban J connectivity index is 2.26. The van der Waals surface area contributed by atoms with Gasteiger partial charge in [-0.1, -0.05) is 52.3 Å². The van der Waals surface area contributed by atoms with Crippen molar-refractivity contribution < 1.29 is 0 Å².